The Morgan fingerprint density at radius 1 is 1.47 bits per heavy atom. The van der Waals surface area contributed by atoms with Crippen molar-refractivity contribution in [3.05, 3.63) is 0 Å². The van der Waals surface area contributed by atoms with E-state index in [1.807, 2.05) is 27.7 Å². The standard InChI is InChI=1S/C13H25NO3/c1-9(7-8-10-13(5,6)16-10)14-11(15)17-12(2,3)4/h9-10H,7-8H2,1-6H3,(H,14,15). The first kappa shape index (κ1) is 14.3. The molecular formula is C13H25NO3. The Morgan fingerprint density at radius 3 is 2.41 bits per heavy atom. The fourth-order valence-corrected chi connectivity index (χ4v) is 1.72. The third kappa shape index (κ3) is 5.39. The number of amides is 1. The highest BCUT2D eigenvalue weighted by Crippen LogP contribution is 2.38. The number of nitrogens with one attached hydrogen (secondary N) is 1. The molecule has 0 saturated carbocycles. The van der Waals surface area contributed by atoms with Gasteiger partial charge in [0.25, 0.3) is 0 Å². The molecule has 1 heterocycles. The molecule has 0 bridgehead atoms. The first-order valence-electron chi connectivity index (χ1n) is 6.27. The van der Waals surface area contributed by atoms with Gasteiger partial charge in [-0.15, -0.1) is 0 Å². The Balaban J connectivity index is 2.17. The normalized spacial score (nSPS) is 24.0. The van der Waals surface area contributed by atoms with E-state index in [1.54, 1.807) is 0 Å². The second-order valence-corrected chi connectivity index (χ2v) is 6.33. The van der Waals surface area contributed by atoms with Gasteiger partial charge < -0.3 is 14.8 Å². The van der Waals surface area contributed by atoms with E-state index in [1.165, 1.54) is 0 Å². The van der Waals surface area contributed by atoms with E-state index >= 15 is 0 Å². The number of epoxide rings is 1. The fourth-order valence-electron chi connectivity index (χ4n) is 1.72. The van der Waals surface area contributed by atoms with E-state index in [9.17, 15) is 4.79 Å². The average Bonchev–Trinajstić information content (AvgIpc) is 2.67. The highest BCUT2D eigenvalue weighted by molar-refractivity contribution is 5.67. The van der Waals surface area contributed by atoms with Crippen LogP contribution in [0, 0.1) is 0 Å². The molecule has 1 fully saturated rings. The highest BCUT2D eigenvalue weighted by Gasteiger charge is 2.47. The second-order valence-electron chi connectivity index (χ2n) is 6.33. The summed E-state index contributed by atoms with van der Waals surface area (Å²) in [6.45, 7) is 11.7. The molecule has 4 nitrogen and oxygen atoms in total. The number of hydrogen-bond acceptors (Lipinski definition) is 3. The zero-order chi connectivity index (χ0) is 13.3. The predicted molar refractivity (Wildman–Crippen MR) is 67.0 cm³/mol. The van der Waals surface area contributed by atoms with Crippen LogP contribution in [0.1, 0.15) is 54.4 Å². The first-order chi connectivity index (χ1) is 7.60. The molecule has 17 heavy (non-hydrogen) atoms. The van der Waals surface area contributed by atoms with Crippen LogP contribution in [0.15, 0.2) is 0 Å². The van der Waals surface area contributed by atoms with E-state index in [4.69, 9.17) is 9.47 Å². The van der Waals surface area contributed by atoms with Gasteiger partial charge in [0.2, 0.25) is 0 Å². The lowest BCUT2D eigenvalue weighted by atomic mass is 10.0. The molecule has 0 aromatic carbocycles. The van der Waals surface area contributed by atoms with Crippen LogP contribution >= 0.6 is 0 Å². The smallest absolute Gasteiger partial charge is 0.407 e. The molecule has 0 aromatic rings. The van der Waals surface area contributed by atoms with E-state index in [-0.39, 0.29) is 17.7 Å². The molecule has 4 heteroatoms. The Morgan fingerprint density at radius 2 is 2.00 bits per heavy atom. The quantitative estimate of drug-likeness (QED) is 0.772. The maximum absolute atomic E-state index is 11.5. The van der Waals surface area contributed by atoms with E-state index in [0.29, 0.717) is 6.10 Å². The Bertz CT molecular complexity index is 281. The predicted octanol–water partition coefficient (Wildman–Crippen LogP) is 2.86. The fraction of sp³-hybridized carbons (Fsp3) is 0.923. The van der Waals surface area contributed by atoms with Gasteiger partial charge in [0.15, 0.2) is 0 Å². The van der Waals surface area contributed by atoms with Crippen LogP contribution in [0.2, 0.25) is 0 Å². The van der Waals surface area contributed by atoms with Crippen molar-refractivity contribution in [1.29, 1.82) is 0 Å². The first-order valence-corrected chi connectivity index (χ1v) is 6.27. The summed E-state index contributed by atoms with van der Waals surface area (Å²) in [6, 6.07) is 0.116. The summed E-state index contributed by atoms with van der Waals surface area (Å²) >= 11 is 0. The minimum absolute atomic E-state index is 0.0334. The Kier molecular flexibility index (Phi) is 4.07. The topological polar surface area (TPSA) is 50.9 Å². The third-order valence-corrected chi connectivity index (χ3v) is 2.79. The van der Waals surface area contributed by atoms with Crippen LogP contribution < -0.4 is 5.32 Å². The number of ether oxygens (including phenoxy) is 2. The van der Waals surface area contributed by atoms with Crippen molar-refractivity contribution in [1.82, 2.24) is 5.32 Å². The van der Waals surface area contributed by atoms with Crippen LogP contribution in [-0.2, 0) is 9.47 Å². The van der Waals surface area contributed by atoms with Crippen LogP contribution in [0.4, 0.5) is 4.79 Å². The monoisotopic (exact) mass is 243 g/mol. The summed E-state index contributed by atoms with van der Waals surface area (Å²) in [6.07, 6.45) is 1.88. The molecule has 0 radical (unpaired) electrons. The zero-order valence-electron chi connectivity index (χ0n) is 11.8. The number of hydrogen-bond donors (Lipinski definition) is 1. The van der Waals surface area contributed by atoms with Crippen molar-refractivity contribution in [2.24, 2.45) is 0 Å². The van der Waals surface area contributed by atoms with Gasteiger partial charge in [-0.2, -0.15) is 0 Å². The third-order valence-electron chi connectivity index (χ3n) is 2.79. The molecule has 0 spiro atoms. The molecule has 1 aliphatic rings. The SMILES string of the molecule is CC(CCC1OC1(C)C)NC(=O)OC(C)(C)C. The lowest BCUT2D eigenvalue weighted by Crippen LogP contribution is -2.37. The molecule has 0 aliphatic carbocycles. The summed E-state index contributed by atoms with van der Waals surface area (Å²) in [4.78, 5) is 11.5. The number of carbonyl (C=O) groups is 1. The van der Waals surface area contributed by atoms with Crippen molar-refractivity contribution in [3.8, 4) is 0 Å². The Hall–Kier alpha value is -0.770. The minimum Gasteiger partial charge on any atom is -0.444 e. The molecule has 0 aromatic heterocycles. The summed E-state index contributed by atoms with van der Waals surface area (Å²) < 4.78 is 10.7. The molecule has 1 saturated heterocycles. The van der Waals surface area contributed by atoms with Gasteiger partial charge in [-0.25, -0.2) is 4.79 Å². The molecule has 100 valence electrons. The second kappa shape index (κ2) is 4.84. The zero-order valence-corrected chi connectivity index (χ0v) is 11.8. The van der Waals surface area contributed by atoms with Crippen molar-refractivity contribution in [3.63, 3.8) is 0 Å². The number of alkyl carbamates (subject to hydrolysis) is 1. The average molecular weight is 243 g/mol. The molecule has 2 unspecified atom stereocenters. The number of rotatable bonds is 4. The summed E-state index contributed by atoms with van der Waals surface area (Å²) in [5.41, 5.74) is -0.406. The van der Waals surface area contributed by atoms with Crippen molar-refractivity contribution in [2.75, 3.05) is 0 Å². The van der Waals surface area contributed by atoms with Gasteiger partial charge in [0.05, 0.1) is 11.7 Å². The maximum Gasteiger partial charge on any atom is 0.407 e. The molecule has 1 rings (SSSR count). The van der Waals surface area contributed by atoms with Crippen molar-refractivity contribution in [2.45, 2.75) is 77.7 Å². The van der Waals surface area contributed by atoms with Crippen LogP contribution in [0.5, 0.6) is 0 Å². The highest BCUT2D eigenvalue weighted by atomic mass is 16.6. The van der Waals surface area contributed by atoms with Gasteiger partial charge in [0, 0.05) is 6.04 Å². The molecule has 2 atom stereocenters. The lowest BCUT2D eigenvalue weighted by molar-refractivity contribution is 0.0505. The van der Waals surface area contributed by atoms with E-state index < -0.39 is 5.60 Å². The maximum atomic E-state index is 11.5. The van der Waals surface area contributed by atoms with Crippen molar-refractivity contribution >= 4 is 6.09 Å². The van der Waals surface area contributed by atoms with Crippen LogP contribution in [-0.4, -0.2) is 29.4 Å². The number of carbonyl (C=O) groups excluding carboxylic acids is 1. The van der Waals surface area contributed by atoms with Gasteiger partial charge in [0.1, 0.15) is 5.60 Å². The van der Waals surface area contributed by atoms with Crippen LogP contribution in [0.25, 0.3) is 0 Å². The lowest BCUT2D eigenvalue weighted by Gasteiger charge is -2.21. The van der Waals surface area contributed by atoms with Gasteiger partial charge in [-0.1, -0.05) is 0 Å². The van der Waals surface area contributed by atoms with Gasteiger partial charge >= 0.3 is 6.09 Å². The van der Waals surface area contributed by atoms with Gasteiger partial charge in [-0.3, -0.25) is 0 Å². The molecule has 1 aliphatic heterocycles. The van der Waals surface area contributed by atoms with Gasteiger partial charge in [-0.05, 0) is 54.4 Å². The Labute approximate surface area is 104 Å². The largest absolute Gasteiger partial charge is 0.444 e. The minimum atomic E-state index is -0.439. The molecule has 1 N–H and O–H groups in total. The summed E-state index contributed by atoms with van der Waals surface area (Å²) in [5, 5.41) is 2.83. The molecule has 1 amide bonds. The van der Waals surface area contributed by atoms with E-state index in [2.05, 4.69) is 19.2 Å². The van der Waals surface area contributed by atoms with Crippen LogP contribution in [0.3, 0.4) is 0 Å². The molecular weight excluding hydrogens is 218 g/mol. The summed E-state index contributed by atoms with van der Waals surface area (Å²) in [5.74, 6) is 0. The van der Waals surface area contributed by atoms with E-state index in [0.717, 1.165) is 12.8 Å². The summed E-state index contributed by atoms with van der Waals surface area (Å²) in [7, 11) is 0. The van der Waals surface area contributed by atoms with Crippen molar-refractivity contribution < 1.29 is 14.3 Å².